The number of benzene rings is 2. The molecule has 10 nitrogen and oxygen atoms in total. The number of hydrogen-bond acceptors (Lipinski definition) is 8. The topological polar surface area (TPSA) is 135 Å². The van der Waals surface area contributed by atoms with Crippen LogP contribution in [0.2, 0.25) is 0 Å². The number of urea groups is 1. The van der Waals surface area contributed by atoms with Gasteiger partial charge in [-0.3, -0.25) is 0 Å². The number of amides is 2. The quantitative estimate of drug-likeness (QED) is 0.421. The van der Waals surface area contributed by atoms with Crippen LogP contribution < -0.4 is 25.8 Å². The number of nitrogens with two attached hydrogens (primary N) is 1. The first-order chi connectivity index (χ1) is 15.9. The molecule has 0 unspecified atom stereocenters. The first kappa shape index (κ1) is 22.2. The van der Waals surface area contributed by atoms with E-state index in [0.29, 0.717) is 59.7 Å². The van der Waals surface area contributed by atoms with E-state index in [-0.39, 0.29) is 6.03 Å². The maximum Gasteiger partial charge on any atom is 0.321 e. The highest BCUT2D eigenvalue weighted by Crippen LogP contribution is 2.29. The van der Waals surface area contributed by atoms with Gasteiger partial charge in [0.15, 0.2) is 0 Å². The van der Waals surface area contributed by atoms with Crippen molar-refractivity contribution in [1.82, 2.24) is 14.9 Å². The second-order valence-corrected chi connectivity index (χ2v) is 7.62. The van der Waals surface area contributed by atoms with Gasteiger partial charge in [-0.15, -0.1) is 0 Å². The number of rotatable bonds is 6. The summed E-state index contributed by atoms with van der Waals surface area (Å²) < 4.78 is 10.6. The molecule has 1 aromatic heterocycles. The van der Waals surface area contributed by atoms with Crippen molar-refractivity contribution >= 4 is 29.0 Å². The van der Waals surface area contributed by atoms with Crippen molar-refractivity contribution in [3.63, 3.8) is 0 Å². The van der Waals surface area contributed by atoms with Crippen LogP contribution in [-0.2, 0) is 0 Å². The molecule has 1 aliphatic heterocycles. The molecule has 2 aromatic carbocycles. The molecule has 172 valence electrons. The average molecular weight is 450 g/mol. The number of carbonyl (C=O) groups excluding carboxylic acids is 1. The number of aliphatic hydroxyl groups is 1. The third kappa shape index (κ3) is 5.24. The minimum Gasteiger partial charge on any atom is -0.497 e. The van der Waals surface area contributed by atoms with Crippen molar-refractivity contribution in [3.05, 3.63) is 48.7 Å². The number of methoxy groups -OCH3 is 2. The smallest absolute Gasteiger partial charge is 0.321 e. The maximum atomic E-state index is 12.5. The van der Waals surface area contributed by atoms with Crippen molar-refractivity contribution < 1.29 is 19.4 Å². The summed E-state index contributed by atoms with van der Waals surface area (Å²) in [5, 5.41) is 15.7. The molecule has 0 bridgehead atoms. The Morgan fingerprint density at radius 3 is 2.67 bits per heavy atom. The van der Waals surface area contributed by atoms with Crippen LogP contribution in [0.25, 0.3) is 11.3 Å². The highest BCUT2D eigenvalue weighted by molar-refractivity contribution is 5.90. The zero-order valence-corrected chi connectivity index (χ0v) is 18.4. The Morgan fingerprint density at radius 1 is 1.15 bits per heavy atom. The summed E-state index contributed by atoms with van der Waals surface area (Å²) in [5.41, 5.74) is 9.23. The molecule has 3 aromatic rings. The third-order valence-electron chi connectivity index (χ3n) is 5.28. The molecule has 5 N–H and O–H groups in total. The standard InChI is InChI=1S/C23H26N6O4/c1-32-18-11-15(10-16(12-18)27-23(31)29-8-6-17(30)13-29)26-22-25-7-5-20(28-22)14-3-4-21(33-2)19(24)9-14/h3-5,7,9-12,17,30H,6,8,13,24H2,1-2H3,(H,27,31)(H,25,26,28)/t17-/m0/s1. The molecule has 10 heteroatoms. The number of ether oxygens (including phenoxy) is 2. The minimum absolute atomic E-state index is 0.277. The lowest BCUT2D eigenvalue weighted by molar-refractivity contribution is 0.176. The van der Waals surface area contributed by atoms with Gasteiger partial charge >= 0.3 is 6.03 Å². The van der Waals surface area contributed by atoms with E-state index in [9.17, 15) is 9.90 Å². The van der Waals surface area contributed by atoms with Crippen LogP contribution in [0.15, 0.2) is 48.7 Å². The van der Waals surface area contributed by atoms with Crippen LogP contribution in [0, 0.1) is 0 Å². The van der Waals surface area contributed by atoms with E-state index in [1.54, 1.807) is 61.7 Å². The predicted octanol–water partition coefficient (Wildman–Crippen LogP) is 3.09. The molecule has 0 radical (unpaired) electrons. The third-order valence-corrected chi connectivity index (χ3v) is 5.28. The molecule has 0 saturated carbocycles. The highest BCUT2D eigenvalue weighted by atomic mass is 16.5. The maximum absolute atomic E-state index is 12.5. The fraction of sp³-hybridized carbons (Fsp3) is 0.261. The van der Waals surface area contributed by atoms with Crippen molar-refractivity contribution in [1.29, 1.82) is 0 Å². The molecule has 1 atom stereocenters. The van der Waals surface area contributed by atoms with Crippen LogP contribution >= 0.6 is 0 Å². The summed E-state index contributed by atoms with van der Waals surface area (Å²) in [4.78, 5) is 22.9. The summed E-state index contributed by atoms with van der Waals surface area (Å²) in [6, 6.07) is 12.2. The molecule has 33 heavy (non-hydrogen) atoms. The number of nitrogen functional groups attached to an aromatic ring is 1. The Labute approximate surface area is 191 Å². The Balaban J connectivity index is 1.54. The normalized spacial score (nSPS) is 15.2. The Hall–Kier alpha value is -4.05. The number of nitrogens with one attached hydrogen (secondary N) is 2. The van der Waals surface area contributed by atoms with Gasteiger partial charge in [-0.1, -0.05) is 0 Å². The number of hydrogen-bond donors (Lipinski definition) is 4. The highest BCUT2D eigenvalue weighted by Gasteiger charge is 2.24. The minimum atomic E-state index is -0.483. The van der Waals surface area contributed by atoms with Crippen LogP contribution in [0.3, 0.4) is 0 Å². The molecular formula is C23H26N6O4. The fourth-order valence-electron chi connectivity index (χ4n) is 3.59. The zero-order valence-electron chi connectivity index (χ0n) is 18.4. The summed E-state index contributed by atoms with van der Waals surface area (Å²) in [6.45, 7) is 0.829. The summed E-state index contributed by atoms with van der Waals surface area (Å²) in [7, 11) is 3.12. The van der Waals surface area contributed by atoms with Gasteiger partial charge in [0, 0.05) is 48.4 Å². The van der Waals surface area contributed by atoms with Gasteiger partial charge in [-0.2, -0.15) is 0 Å². The van der Waals surface area contributed by atoms with E-state index in [4.69, 9.17) is 15.2 Å². The Bertz CT molecular complexity index is 1160. The molecular weight excluding hydrogens is 424 g/mol. The molecule has 0 spiro atoms. The molecule has 1 saturated heterocycles. The SMILES string of the molecule is COc1cc(NC(=O)N2CC[C@H](O)C2)cc(Nc2nccc(-c3ccc(OC)c(N)c3)n2)c1. The monoisotopic (exact) mass is 450 g/mol. The molecule has 1 aliphatic rings. The molecule has 0 aliphatic carbocycles. The van der Waals surface area contributed by atoms with Gasteiger partial charge in [0.2, 0.25) is 5.95 Å². The lowest BCUT2D eigenvalue weighted by Gasteiger charge is -2.17. The number of aromatic nitrogens is 2. The van der Waals surface area contributed by atoms with Crippen LogP contribution in [0.4, 0.5) is 27.8 Å². The average Bonchev–Trinajstić information content (AvgIpc) is 3.25. The van der Waals surface area contributed by atoms with E-state index in [0.717, 1.165) is 5.56 Å². The van der Waals surface area contributed by atoms with Crippen LogP contribution in [-0.4, -0.2) is 59.4 Å². The lowest BCUT2D eigenvalue weighted by Crippen LogP contribution is -2.33. The number of anilines is 4. The van der Waals surface area contributed by atoms with Gasteiger partial charge in [0.25, 0.3) is 0 Å². The van der Waals surface area contributed by atoms with E-state index in [1.165, 1.54) is 0 Å². The van der Waals surface area contributed by atoms with Crippen LogP contribution in [0.5, 0.6) is 11.5 Å². The second-order valence-electron chi connectivity index (χ2n) is 7.62. The Morgan fingerprint density at radius 2 is 1.97 bits per heavy atom. The van der Waals surface area contributed by atoms with Crippen molar-refractivity contribution in [3.8, 4) is 22.8 Å². The predicted molar refractivity (Wildman–Crippen MR) is 126 cm³/mol. The first-order valence-corrected chi connectivity index (χ1v) is 10.4. The van der Waals surface area contributed by atoms with Gasteiger partial charge in [0.1, 0.15) is 11.5 Å². The van der Waals surface area contributed by atoms with Gasteiger partial charge < -0.3 is 35.8 Å². The fourth-order valence-corrected chi connectivity index (χ4v) is 3.59. The molecule has 1 fully saturated rings. The summed E-state index contributed by atoms with van der Waals surface area (Å²) in [5.74, 6) is 1.52. The van der Waals surface area contributed by atoms with E-state index >= 15 is 0 Å². The number of aliphatic hydroxyl groups excluding tert-OH is 1. The van der Waals surface area contributed by atoms with Gasteiger partial charge in [0.05, 0.1) is 31.7 Å². The van der Waals surface area contributed by atoms with E-state index in [1.807, 2.05) is 6.07 Å². The van der Waals surface area contributed by atoms with E-state index in [2.05, 4.69) is 20.6 Å². The van der Waals surface area contributed by atoms with E-state index < -0.39 is 6.10 Å². The Kier molecular flexibility index (Phi) is 6.45. The van der Waals surface area contributed by atoms with Crippen molar-refractivity contribution in [2.75, 3.05) is 43.7 Å². The zero-order chi connectivity index (χ0) is 23.4. The van der Waals surface area contributed by atoms with Crippen molar-refractivity contribution in [2.24, 2.45) is 0 Å². The molecule has 4 rings (SSSR count). The number of β-amino-alcohol motifs (C(OH)–C–C–N with tert-alkyl or cyclic N) is 1. The summed E-state index contributed by atoms with van der Waals surface area (Å²) >= 11 is 0. The number of likely N-dealkylation sites (tertiary alicyclic amines) is 1. The summed E-state index contributed by atoms with van der Waals surface area (Å²) in [6.07, 6.45) is 1.74. The number of nitrogens with zero attached hydrogens (tertiary/aromatic N) is 3. The van der Waals surface area contributed by atoms with Crippen LogP contribution in [0.1, 0.15) is 6.42 Å². The van der Waals surface area contributed by atoms with Gasteiger partial charge in [-0.05, 0) is 36.8 Å². The number of carbonyl (C=O) groups is 1. The largest absolute Gasteiger partial charge is 0.497 e. The first-order valence-electron chi connectivity index (χ1n) is 10.4. The lowest BCUT2D eigenvalue weighted by atomic mass is 10.1. The second kappa shape index (κ2) is 9.61. The van der Waals surface area contributed by atoms with Gasteiger partial charge in [-0.25, -0.2) is 14.8 Å². The molecule has 2 amide bonds. The van der Waals surface area contributed by atoms with Crippen molar-refractivity contribution in [2.45, 2.75) is 12.5 Å². The molecule has 2 heterocycles.